The first kappa shape index (κ1) is 16.4. The largest absolute Gasteiger partial charge is 0.397 e. The van der Waals surface area contributed by atoms with Gasteiger partial charge in [0.1, 0.15) is 0 Å². The molecule has 0 bridgehead atoms. The van der Waals surface area contributed by atoms with Crippen LogP contribution in [0.1, 0.15) is 44.1 Å². The van der Waals surface area contributed by atoms with Gasteiger partial charge in [-0.1, -0.05) is 13.8 Å². The Morgan fingerprint density at radius 2 is 2.15 bits per heavy atom. The molecule has 1 rings (SSSR count). The second kappa shape index (κ2) is 8.53. The predicted octanol–water partition coefficient (Wildman–Crippen LogP) is 1.90. The monoisotopic (exact) mass is 278 g/mol. The van der Waals surface area contributed by atoms with Crippen LogP contribution in [0.15, 0.2) is 18.3 Å². The Morgan fingerprint density at radius 1 is 1.45 bits per heavy atom. The molecule has 0 radical (unpaired) electrons. The van der Waals surface area contributed by atoms with Crippen molar-refractivity contribution in [2.24, 2.45) is 0 Å². The third-order valence-corrected chi connectivity index (χ3v) is 3.44. The number of hydrogen-bond acceptors (Lipinski definition) is 4. The molecule has 0 aromatic carbocycles. The fourth-order valence-corrected chi connectivity index (χ4v) is 2.13. The molecule has 3 N–H and O–H groups in total. The van der Waals surface area contributed by atoms with Gasteiger partial charge < -0.3 is 16.0 Å². The van der Waals surface area contributed by atoms with E-state index in [1.54, 1.807) is 18.3 Å². The lowest BCUT2D eigenvalue weighted by molar-refractivity contribution is 0.0933. The highest BCUT2D eigenvalue weighted by atomic mass is 16.1. The minimum Gasteiger partial charge on any atom is -0.397 e. The van der Waals surface area contributed by atoms with Gasteiger partial charge in [-0.05, 0) is 51.5 Å². The van der Waals surface area contributed by atoms with Crippen LogP contribution in [0.5, 0.6) is 0 Å². The molecule has 1 aromatic rings. The zero-order chi connectivity index (χ0) is 15.0. The lowest BCUT2D eigenvalue weighted by Crippen LogP contribution is -2.34. The van der Waals surface area contributed by atoms with E-state index in [0.29, 0.717) is 11.4 Å². The van der Waals surface area contributed by atoms with E-state index >= 15 is 0 Å². The van der Waals surface area contributed by atoms with Crippen LogP contribution in [0.3, 0.4) is 0 Å². The van der Waals surface area contributed by atoms with Gasteiger partial charge in [-0.15, -0.1) is 0 Å². The fraction of sp³-hybridized carbons (Fsp3) is 0.600. The van der Waals surface area contributed by atoms with Crippen molar-refractivity contribution >= 4 is 11.6 Å². The molecular weight excluding hydrogens is 252 g/mol. The molecule has 1 aromatic heterocycles. The van der Waals surface area contributed by atoms with Crippen molar-refractivity contribution in [1.82, 2.24) is 15.2 Å². The molecule has 1 atom stereocenters. The summed E-state index contributed by atoms with van der Waals surface area (Å²) in [5.74, 6) is -0.196. The van der Waals surface area contributed by atoms with Crippen LogP contribution in [0.4, 0.5) is 5.69 Å². The second-order valence-corrected chi connectivity index (χ2v) is 4.98. The first-order valence-electron chi connectivity index (χ1n) is 7.32. The lowest BCUT2D eigenvalue weighted by Gasteiger charge is -2.19. The highest BCUT2D eigenvalue weighted by molar-refractivity contribution is 5.97. The van der Waals surface area contributed by atoms with E-state index in [2.05, 4.69) is 29.0 Å². The number of hydrogen-bond donors (Lipinski definition) is 2. The van der Waals surface area contributed by atoms with E-state index in [0.717, 1.165) is 32.5 Å². The molecule has 0 aliphatic rings. The standard InChI is InChI=1S/C15H26N4O/c1-4-19(5-2)11-7-8-12(3)18-15(20)14-13(16)9-6-10-17-14/h6,9-10,12H,4-5,7-8,11,16H2,1-3H3,(H,18,20). The van der Waals surface area contributed by atoms with Gasteiger partial charge >= 0.3 is 0 Å². The van der Waals surface area contributed by atoms with Gasteiger partial charge in [-0.3, -0.25) is 4.79 Å². The van der Waals surface area contributed by atoms with E-state index in [9.17, 15) is 4.79 Å². The SMILES string of the molecule is CCN(CC)CCCC(C)NC(=O)c1ncccc1N. The number of nitrogen functional groups attached to an aromatic ring is 1. The zero-order valence-electron chi connectivity index (χ0n) is 12.7. The van der Waals surface area contributed by atoms with Crippen LogP contribution in [0.25, 0.3) is 0 Å². The van der Waals surface area contributed by atoms with Crippen LogP contribution in [-0.2, 0) is 0 Å². The molecule has 5 nitrogen and oxygen atoms in total. The molecule has 5 heteroatoms. The number of anilines is 1. The molecule has 0 fully saturated rings. The Labute approximate surface area is 121 Å². The van der Waals surface area contributed by atoms with E-state index in [4.69, 9.17) is 5.73 Å². The Hall–Kier alpha value is -1.62. The number of nitrogens with two attached hydrogens (primary N) is 1. The summed E-state index contributed by atoms with van der Waals surface area (Å²) in [5, 5.41) is 2.95. The Kier molecular flexibility index (Phi) is 7.01. The van der Waals surface area contributed by atoms with E-state index in [-0.39, 0.29) is 11.9 Å². The topological polar surface area (TPSA) is 71.2 Å². The number of amides is 1. The summed E-state index contributed by atoms with van der Waals surface area (Å²) in [5.41, 5.74) is 6.47. The fourth-order valence-electron chi connectivity index (χ4n) is 2.13. The van der Waals surface area contributed by atoms with E-state index in [1.165, 1.54) is 0 Å². The summed E-state index contributed by atoms with van der Waals surface area (Å²) >= 11 is 0. The summed E-state index contributed by atoms with van der Waals surface area (Å²) in [6.45, 7) is 9.55. The van der Waals surface area contributed by atoms with Gasteiger partial charge in [-0.2, -0.15) is 0 Å². The molecule has 1 unspecified atom stereocenters. The highest BCUT2D eigenvalue weighted by Gasteiger charge is 2.13. The number of pyridine rings is 1. The molecule has 0 aliphatic heterocycles. The molecule has 1 amide bonds. The predicted molar refractivity (Wildman–Crippen MR) is 82.6 cm³/mol. The lowest BCUT2D eigenvalue weighted by atomic mass is 10.1. The van der Waals surface area contributed by atoms with Crippen LogP contribution in [-0.4, -0.2) is 41.5 Å². The third-order valence-electron chi connectivity index (χ3n) is 3.44. The van der Waals surface area contributed by atoms with Crippen molar-refractivity contribution < 1.29 is 4.79 Å². The van der Waals surface area contributed by atoms with Crippen molar-refractivity contribution in [3.8, 4) is 0 Å². The van der Waals surface area contributed by atoms with Gasteiger partial charge in [0.25, 0.3) is 5.91 Å². The van der Waals surface area contributed by atoms with Crippen LogP contribution in [0, 0.1) is 0 Å². The number of rotatable bonds is 8. The maximum Gasteiger partial charge on any atom is 0.272 e. The Balaban J connectivity index is 2.37. The number of carbonyl (C=O) groups excluding carboxylic acids is 1. The number of nitrogens with zero attached hydrogens (tertiary/aromatic N) is 2. The number of aromatic nitrogens is 1. The molecule has 0 saturated heterocycles. The minimum absolute atomic E-state index is 0.125. The molecule has 112 valence electrons. The van der Waals surface area contributed by atoms with Crippen molar-refractivity contribution in [1.29, 1.82) is 0 Å². The summed E-state index contributed by atoms with van der Waals surface area (Å²) < 4.78 is 0. The first-order chi connectivity index (χ1) is 9.58. The molecule has 0 spiro atoms. The molecular formula is C15H26N4O. The quantitative estimate of drug-likeness (QED) is 0.762. The number of nitrogens with one attached hydrogen (secondary N) is 1. The van der Waals surface area contributed by atoms with Gasteiger partial charge in [0.05, 0.1) is 5.69 Å². The summed E-state index contributed by atoms with van der Waals surface area (Å²) in [6, 6.07) is 3.53. The summed E-state index contributed by atoms with van der Waals surface area (Å²) in [7, 11) is 0. The van der Waals surface area contributed by atoms with E-state index in [1.807, 2.05) is 6.92 Å². The minimum atomic E-state index is -0.196. The average molecular weight is 278 g/mol. The Bertz CT molecular complexity index is 418. The first-order valence-corrected chi connectivity index (χ1v) is 7.32. The van der Waals surface area contributed by atoms with Crippen molar-refractivity contribution in [3.05, 3.63) is 24.0 Å². The smallest absolute Gasteiger partial charge is 0.272 e. The maximum absolute atomic E-state index is 12.0. The average Bonchev–Trinajstić information content (AvgIpc) is 2.44. The third kappa shape index (κ3) is 5.17. The van der Waals surface area contributed by atoms with Gasteiger partial charge in [0.2, 0.25) is 0 Å². The van der Waals surface area contributed by atoms with Crippen LogP contribution in [0.2, 0.25) is 0 Å². The molecule has 1 heterocycles. The normalized spacial score (nSPS) is 12.4. The molecule has 0 aliphatic carbocycles. The maximum atomic E-state index is 12.0. The summed E-state index contributed by atoms with van der Waals surface area (Å²) in [6.07, 6.45) is 3.60. The van der Waals surface area contributed by atoms with Gasteiger partial charge in [-0.25, -0.2) is 4.98 Å². The molecule has 20 heavy (non-hydrogen) atoms. The second-order valence-electron chi connectivity index (χ2n) is 4.98. The van der Waals surface area contributed by atoms with E-state index < -0.39 is 0 Å². The van der Waals surface area contributed by atoms with Crippen molar-refractivity contribution in [3.63, 3.8) is 0 Å². The van der Waals surface area contributed by atoms with Crippen molar-refractivity contribution in [2.75, 3.05) is 25.4 Å². The highest BCUT2D eigenvalue weighted by Crippen LogP contribution is 2.08. The van der Waals surface area contributed by atoms with Gasteiger partial charge in [0, 0.05) is 12.2 Å². The number of carbonyl (C=O) groups is 1. The van der Waals surface area contributed by atoms with Crippen LogP contribution >= 0.6 is 0 Å². The van der Waals surface area contributed by atoms with Crippen LogP contribution < -0.4 is 11.1 Å². The van der Waals surface area contributed by atoms with Gasteiger partial charge in [0.15, 0.2) is 5.69 Å². The van der Waals surface area contributed by atoms with Crippen molar-refractivity contribution in [2.45, 2.75) is 39.7 Å². The Morgan fingerprint density at radius 3 is 2.75 bits per heavy atom. The summed E-state index contributed by atoms with van der Waals surface area (Å²) in [4.78, 5) is 18.4. The molecule has 0 saturated carbocycles. The zero-order valence-corrected chi connectivity index (χ0v) is 12.7.